The second kappa shape index (κ2) is 5.15. The molecule has 3 nitrogen and oxygen atoms in total. The quantitative estimate of drug-likeness (QED) is 0.777. The van der Waals surface area contributed by atoms with E-state index >= 15 is 0 Å². The standard InChI is InChI=1S/C11H18N2OS.ClH/c14-11(7-1-3-15-4-2-7)13-10-8-5-12-6-9(8)10;/h7-10,12H,1-6H2,(H,13,14);1H. The molecule has 0 aromatic heterocycles. The molecular weight excluding hydrogens is 244 g/mol. The third kappa shape index (κ3) is 2.34. The number of hydrogen-bond donors (Lipinski definition) is 2. The Hall–Kier alpha value is 0.0700. The van der Waals surface area contributed by atoms with E-state index in [2.05, 4.69) is 10.6 Å². The van der Waals surface area contributed by atoms with Gasteiger partial charge in [-0.2, -0.15) is 11.8 Å². The molecule has 2 aliphatic heterocycles. The van der Waals surface area contributed by atoms with Gasteiger partial charge >= 0.3 is 0 Å². The molecule has 1 saturated carbocycles. The van der Waals surface area contributed by atoms with E-state index in [0.29, 0.717) is 17.9 Å². The third-order valence-corrected chi connectivity index (χ3v) is 5.04. The van der Waals surface area contributed by atoms with Crippen LogP contribution in [0.15, 0.2) is 0 Å². The van der Waals surface area contributed by atoms with E-state index in [9.17, 15) is 4.79 Å². The van der Waals surface area contributed by atoms with Crippen molar-refractivity contribution < 1.29 is 4.79 Å². The topological polar surface area (TPSA) is 41.1 Å². The molecule has 0 aromatic carbocycles. The number of piperidine rings is 1. The van der Waals surface area contributed by atoms with Crippen LogP contribution in [-0.4, -0.2) is 36.5 Å². The minimum Gasteiger partial charge on any atom is -0.352 e. The molecule has 0 spiro atoms. The molecule has 0 bridgehead atoms. The van der Waals surface area contributed by atoms with Gasteiger partial charge in [0.15, 0.2) is 0 Å². The minimum absolute atomic E-state index is 0. The van der Waals surface area contributed by atoms with Crippen molar-refractivity contribution in [2.75, 3.05) is 24.6 Å². The Balaban J connectivity index is 0.000000963. The number of rotatable bonds is 2. The summed E-state index contributed by atoms with van der Waals surface area (Å²) in [4.78, 5) is 11.9. The Kier molecular flexibility index (Phi) is 4.03. The van der Waals surface area contributed by atoms with Gasteiger partial charge in [-0.1, -0.05) is 0 Å². The maximum absolute atomic E-state index is 11.9. The summed E-state index contributed by atoms with van der Waals surface area (Å²) in [6, 6.07) is 0.508. The number of thioether (sulfide) groups is 1. The summed E-state index contributed by atoms with van der Waals surface area (Å²) < 4.78 is 0. The van der Waals surface area contributed by atoms with E-state index in [-0.39, 0.29) is 12.4 Å². The average Bonchev–Trinajstić information content (AvgIpc) is 2.75. The molecule has 16 heavy (non-hydrogen) atoms. The van der Waals surface area contributed by atoms with Crippen LogP contribution in [0.3, 0.4) is 0 Å². The van der Waals surface area contributed by atoms with Crippen LogP contribution in [0.5, 0.6) is 0 Å². The van der Waals surface area contributed by atoms with Crippen LogP contribution < -0.4 is 10.6 Å². The molecule has 5 heteroatoms. The minimum atomic E-state index is 0. The fourth-order valence-corrected chi connectivity index (χ4v) is 3.98. The molecule has 2 heterocycles. The molecule has 3 rings (SSSR count). The number of carbonyl (C=O) groups is 1. The van der Waals surface area contributed by atoms with E-state index < -0.39 is 0 Å². The van der Waals surface area contributed by atoms with Crippen LogP contribution in [0, 0.1) is 17.8 Å². The fourth-order valence-electron chi connectivity index (χ4n) is 2.87. The van der Waals surface area contributed by atoms with Gasteiger partial charge in [-0.15, -0.1) is 12.4 Å². The molecule has 3 aliphatic rings. The van der Waals surface area contributed by atoms with Crippen LogP contribution in [0.1, 0.15) is 12.8 Å². The van der Waals surface area contributed by atoms with Crippen molar-refractivity contribution >= 4 is 30.1 Å². The summed E-state index contributed by atoms with van der Waals surface area (Å²) in [5, 5.41) is 6.59. The average molecular weight is 263 g/mol. The summed E-state index contributed by atoms with van der Waals surface area (Å²) in [6.45, 7) is 2.21. The van der Waals surface area contributed by atoms with Crippen molar-refractivity contribution in [2.45, 2.75) is 18.9 Å². The van der Waals surface area contributed by atoms with E-state index in [4.69, 9.17) is 0 Å². The van der Waals surface area contributed by atoms with Crippen molar-refractivity contribution in [3.05, 3.63) is 0 Å². The molecular formula is C11H19ClN2OS. The van der Waals surface area contributed by atoms with Crippen molar-refractivity contribution in [3.8, 4) is 0 Å². The molecule has 3 fully saturated rings. The lowest BCUT2D eigenvalue weighted by Crippen LogP contribution is -2.37. The third-order valence-electron chi connectivity index (χ3n) is 3.99. The summed E-state index contributed by atoms with van der Waals surface area (Å²) >= 11 is 1.98. The van der Waals surface area contributed by atoms with Gasteiger partial charge in [-0.05, 0) is 36.2 Å². The predicted octanol–water partition coefficient (Wildman–Crippen LogP) is 0.885. The lowest BCUT2D eigenvalue weighted by molar-refractivity contribution is -0.125. The fraction of sp³-hybridized carbons (Fsp3) is 0.909. The largest absolute Gasteiger partial charge is 0.352 e. The van der Waals surface area contributed by atoms with Crippen LogP contribution >= 0.6 is 24.2 Å². The monoisotopic (exact) mass is 262 g/mol. The van der Waals surface area contributed by atoms with Crippen LogP contribution in [-0.2, 0) is 4.79 Å². The number of fused-ring (bicyclic) bond motifs is 1. The zero-order valence-corrected chi connectivity index (χ0v) is 10.9. The molecule has 2 saturated heterocycles. The number of carbonyl (C=O) groups excluding carboxylic acids is 1. The highest BCUT2D eigenvalue weighted by molar-refractivity contribution is 7.99. The van der Waals surface area contributed by atoms with Gasteiger partial charge in [-0.3, -0.25) is 4.79 Å². The Morgan fingerprint density at radius 1 is 1.19 bits per heavy atom. The van der Waals surface area contributed by atoms with Gasteiger partial charge in [-0.25, -0.2) is 0 Å². The van der Waals surface area contributed by atoms with Gasteiger partial charge in [0, 0.05) is 25.0 Å². The molecule has 2 N–H and O–H groups in total. The first kappa shape index (κ1) is 12.5. The normalized spacial score (nSPS) is 37.4. The van der Waals surface area contributed by atoms with Gasteiger partial charge in [0.2, 0.25) is 5.91 Å². The number of amides is 1. The summed E-state index contributed by atoms with van der Waals surface area (Å²) in [6.07, 6.45) is 2.16. The van der Waals surface area contributed by atoms with Crippen molar-refractivity contribution in [1.29, 1.82) is 0 Å². The molecule has 92 valence electrons. The Bertz CT molecular complexity index is 261. The lowest BCUT2D eigenvalue weighted by atomic mass is 10.0. The van der Waals surface area contributed by atoms with Crippen LogP contribution in [0.25, 0.3) is 0 Å². The van der Waals surface area contributed by atoms with E-state index in [1.54, 1.807) is 0 Å². The van der Waals surface area contributed by atoms with E-state index in [1.165, 1.54) is 0 Å². The Morgan fingerprint density at radius 3 is 2.44 bits per heavy atom. The lowest BCUT2D eigenvalue weighted by Gasteiger charge is -2.21. The first-order valence-corrected chi connectivity index (χ1v) is 7.10. The summed E-state index contributed by atoms with van der Waals surface area (Å²) in [5.41, 5.74) is 0. The SMILES string of the molecule is Cl.O=C(NC1C2CNCC21)C1CCSCC1. The smallest absolute Gasteiger partial charge is 0.223 e. The van der Waals surface area contributed by atoms with Gasteiger partial charge in [0.05, 0.1) is 0 Å². The summed E-state index contributed by atoms with van der Waals surface area (Å²) in [5.74, 6) is 4.45. The Morgan fingerprint density at radius 2 is 1.81 bits per heavy atom. The molecule has 2 atom stereocenters. The second-order valence-electron chi connectivity index (χ2n) is 4.91. The Labute approximate surface area is 107 Å². The second-order valence-corrected chi connectivity index (χ2v) is 6.13. The number of hydrogen-bond acceptors (Lipinski definition) is 3. The molecule has 0 radical (unpaired) electrons. The zero-order valence-electron chi connectivity index (χ0n) is 9.28. The number of nitrogens with one attached hydrogen (secondary N) is 2. The summed E-state index contributed by atoms with van der Waals surface area (Å²) in [7, 11) is 0. The highest BCUT2D eigenvalue weighted by atomic mass is 35.5. The van der Waals surface area contributed by atoms with Gasteiger partial charge in [0.1, 0.15) is 0 Å². The predicted molar refractivity (Wildman–Crippen MR) is 69.1 cm³/mol. The maximum Gasteiger partial charge on any atom is 0.223 e. The first-order valence-electron chi connectivity index (χ1n) is 5.95. The number of halogens is 1. The van der Waals surface area contributed by atoms with Crippen molar-refractivity contribution in [3.63, 3.8) is 0 Å². The van der Waals surface area contributed by atoms with Crippen molar-refractivity contribution in [2.24, 2.45) is 17.8 Å². The molecule has 0 aromatic rings. The van der Waals surface area contributed by atoms with E-state index in [0.717, 1.165) is 49.3 Å². The van der Waals surface area contributed by atoms with Gasteiger partial charge < -0.3 is 10.6 Å². The first-order chi connectivity index (χ1) is 7.36. The van der Waals surface area contributed by atoms with Crippen LogP contribution in [0.4, 0.5) is 0 Å². The molecule has 1 aliphatic carbocycles. The zero-order chi connectivity index (χ0) is 10.3. The highest BCUT2D eigenvalue weighted by Crippen LogP contribution is 2.41. The molecule has 2 unspecified atom stereocenters. The maximum atomic E-state index is 11.9. The van der Waals surface area contributed by atoms with Crippen molar-refractivity contribution in [1.82, 2.24) is 10.6 Å². The highest BCUT2D eigenvalue weighted by Gasteiger charge is 2.53. The molecule has 1 amide bonds. The van der Waals surface area contributed by atoms with Gasteiger partial charge in [0.25, 0.3) is 0 Å². The van der Waals surface area contributed by atoms with E-state index in [1.807, 2.05) is 11.8 Å². The van der Waals surface area contributed by atoms with Crippen LogP contribution in [0.2, 0.25) is 0 Å².